The molecule has 0 unspecified atom stereocenters. The van der Waals surface area contributed by atoms with Crippen molar-refractivity contribution in [2.75, 3.05) is 6.54 Å². The van der Waals surface area contributed by atoms with E-state index in [9.17, 15) is 0 Å². The van der Waals surface area contributed by atoms with Gasteiger partial charge in [-0.15, -0.1) is 0 Å². The smallest absolute Gasteiger partial charge is 0.192 e. The number of benzene rings is 1. The minimum atomic E-state index is 0.599. The van der Waals surface area contributed by atoms with E-state index in [2.05, 4.69) is 38.8 Å². The third-order valence-electron chi connectivity index (χ3n) is 3.35. The van der Waals surface area contributed by atoms with Crippen LogP contribution in [0.4, 0.5) is 0 Å². The number of guanidine groups is 1. The fourth-order valence-corrected chi connectivity index (χ4v) is 2.31. The Labute approximate surface area is 129 Å². The largest absolute Gasteiger partial charge is 0.467 e. The van der Waals surface area contributed by atoms with Crippen molar-refractivity contribution in [3.8, 4) is 0 Å². The Hall–Kier alpha value is -2.69. The minimum absolute atomic E-state index is 0.599. The van der Waals surface area contributed by atoms with E-state index in [1.165, 1.54) is 5.39 Å². The van der Waals surface area contributed by atoms with Gasteiger partial charge in [-0.05, 0) is 36.6 Å². The first-order valence-corrected chi connectivity index (χ1v) is 7.46. The van der Waals surface area contributed by atoms with Gasteiger partial charge in [-0.25, -0.2) is 4.99 Å². The van der Waals surface area contributed by atoms with Gasteiger partial charge >= 0.3 is 0 Å². The second-order valence-electron chi connectivity index (χ2n) is 5.01. The van der Waals surface area contributed by atoms with Crippen molar-refractivity contribution in [1.29, 1.82) is 0 Å². The van der Waals surface area contributed by atoms with Gasteiger partial charge in [0, 0.05) is 17.8 Å². The van der Waals surface area contributed by atoms with Gasteiger partial charge in [0.2, 0.25) is 0 Å². The van der Waals surface area contributed by atoms with Gasteiger partial charge in [0.25, 0.3) is 0 Å². The molecule has 0 radical (unpaired) electrons. The Morgan fingerprint density at radius 3 is 2.86 bits per heavy atom. The third-order valence-corrected chi connectivity index (χ3v) is 3.35. The lowest BCUT2D eigenvalue weighted by molar-refractivity contribution is 0.501. The van der Waals surface area contributed by atoms with Crippen LogP contribution in [0.3, 0.4) is 0 Å². The number of hydrogen-bond acceptors (Lipinski definition) is 2. The molecule has 0 aliphatic carbocycles. The zero-order valence-corrected chi connectivity index (χ0v) is 12.6. The van der Waals surface area contributed by atoms with Gasteiger partial charge in [-0.3, -0.25) is 0 Å². The molecule has 0 amide bonds. The first kappa shape index (κ1) is 14.3. The topological polar surface area (TPSA) is 65.3 Å². The molecule has 5 nitrogen and oxygen atoms in total. The van der Waals surface area contributed by atoms with Gasteiger partial charge in [-0.2, -0.15) is 0 Å². The number of nitrogens with zero attached hydrogens (tertiary/aromatic N) is 1. The first-order chi connectivity index (χ1) is 10.8. The summed E-state index contributed by atoms with van der Waals surface area (Å²) in [6.45, 7) is 4.08. The van der Waals surface area contributed by atoms with Gasteiger partial charge in [0.15, 0.2) is 5.96 Å². The lowest BCUT2D eigenvalue weighted by Crippen LogP contribution is -2.36. The second kappa shape index (κ2) is 6.85. The van der Waals surface area contributed by atoms with Gasteiger partial charge in [0.1, 0.15) is 5.76 Å². The average molecular weight is 296 g/mol. The molecule has 0 fully saturated rings. The number of rotatable bonds is 5. The minimum Gasteiger partial charge on any atom is -0.467 e. The van der Waals surface area contributed by atoms with Crippen LogP contribution < -0.4 is 10.6 Å². The summed E-state index contributed by atoms with van der Waals surface area (Å²) >= 11 is 0. The molecule has 0 aliphatic heterocycles. The molecule has 0 atom stereocenters. The highest BCUT2D eigenvalue weighted by atomic mass is 16.3. The molecule has 0 saturated carbocycles. The van der Waals surface area contributed by atoms with Gasteiger partial charge < -0.3 is 20.0 Å². The Balaban J connectivity index is 1.66. The highest BCUT2D eigenvalue weighted by Gasteiger charge is 2.02. The van der Waals surface area contributed by atoms with Crippen molar-refractivity contribution in [3.63, 3.8) is 0 Å². The quantitative estimate of drug-likeness (QED) is 0.501. The average Bonchev–Trinajstić information content (AvgIpc) is 3.18. The molecule has 3 N–H and O–H groups in total. The fraction of sp³-hybridized carbons (Fsp3) is 0.235. The highest BCUT2D eigenvalue weighted by Crippen LogP contribution is 2.15. The second-order valence-corrected chi connectivity index (χ2v) is 5.01. The zero-order chi connectivity index (χ0) is 15.2. The number of aliphatic imine (C=N–C) groups is 1. The standard InChI is InChI=1S/C17H20N4O/c1-2-18-17(20-12-15-7-5-9-22-15)19-11-14-10-13-6-3-4-8-16(13)21-14/h3-10,21H,2,11-12H2,1H3,(H2,18,19,20). The summed E-state index contributed by atoms with van der Waals surface area (Å²) < 4.78 is 5.31. The number of nitrogens with one attached hydrogen (secondary N) is 3. The van der Waals surface area contributed by atoms with Crippen molar-refractivity contribution < 1.29 is 4.42 Å². The van der Waals surface area contributed by atoms with Gasteiger partial charge in [0.05, 0.1) is 19.4 Å². The molecule has 5 heteroatoms. The lowest BCUT2D eigenvalue weighted by atomic mass is 10.2. The van der Waals surface area contributed by atoms with Crippen molar-refractivity contribution in [1.82, 2.24) is 15.6 Å². The highest BCUT2D eigenvalue weighted by molar-refractivity contribution is 5.81. The summed E-state index contributed by atoms with van der Waals surface area (Å²) in [4.78, 5) is 7.98. The molecule has 2 aromatic heterocycles. The molecule has 1 aromatic carbocycles. The number of H-pyrrole nitrogens is 1. The first-order valence-electron chi connectivity index (χ1n) is 7.46. The number of furan rings is 1. The summed E-state index contributed by atoms with van der Waals surface area (Å²) in [5, 5.41) is 7.70. The van der Waals surface area contributed by atoms with Gasteiger partial charge in [-0.1, -0.05) is 18.2 Å². The van der Waals surface area contributed by atoms with Crippen LogP contribution in [0, 0.1) is 0 Å². The van der Waals surface area contributed by atoms with Crippen molar-refractivity contribution in [3.05, 3.63) is 60.2 Å². The summed E-state index contributed by atoms with van der Waals surface area (Å²) in [6.07, 6.45) is 1.67. The Morgan fingerprint density at radius 2 is 2.09 bits per heavy atom. The monoisotopic (exact) mass is 296 g/mol. The van der Waals surface area contributed by atoms with Crippen LogP contribution in [0.2, 0.25) is 0 Å². The van der Waals surface area contributed by atoms with E-state index >= 15 is 0 Å². The van der Waals surface area contributed by atoms with Crippen LogP contribution in [0.25, 0.3) is 10.9 Å². The third kappa shape index (κ3) is 3.49. The van der Waals surface area contributed by atoms with Crippen LogP contribution >= 0.6 is 0 Å². The number of para-hydroxylation sites is 1. The Kier molecular flexibility index (Phi) is 4.44. The number of aromatic amines is 1. The maximum Gasteiger partial charge on any atom is 0.192 e. The summed E-state index contributed by atoms with van der Waals surface area (Å²) in [6, 6.07) is 14.2. The van der Waals surface area contributed by atoms with Crippen molar-refractivity contribution in [2.24, 2.45) is 4.99 Å². The number of fused-ring (bicyclic) bond motifs is 1. The molecule has 22 heavy (non-hydrogen) atoms. The lowest BCUT2D eigenvalue weighted by Gasteiger charge is -2.09. The molecule has 3 aromatic rings. The summed E-state index contributed by atoms with van der Waals surface area (Å²) in [7, 11) is 0. The van der Waals surface area contributed by atoms with E-state index in [1.807, 2.05) is 31.2 Å². The Bertz CT molecular complexity index is 710. The van der Waals surface area contributed by atoms with E-state index in [-0.39, 0.29) is 0 Å². The molecule has 0 bridgehead atoms. The van der Waals surface area contributed by atoms with E-state index in [1.54, 1.807) is 6.26 Å². The molecule has 0 aliphatic rings. The molecule has 0 spiro atoms. The van der Waals surface area contributed by atoms with Crippen molar-refractivity contribution in [2.45, 2.75) is 20.0 Å². The van der Waals surface area contributed by atoms with Crippen LogP contribution in [-0.4, -0.2) is 17.5 Å². The van der Waals surface area contributed by atoms with Crippen LogP contribution in [0.15, 0.2) is 58.1 Å². The molecule has 0 saturated heterocycles. The van der Waals surface area contributed by atoms with Crippen molar-refractivity contribution >= 4 is 16.9 Å². The number of aromatic nitrogens is 1. The maximum absolute atomic E-state index is 5.31. The maximum atomic E-state index is 5.31. The van der Waals surface area contributed by atoms with E-state index in [0.29, 0.717) is 13.1 Å². The molecule has 3 rings (SSSR count). The fourth-order valence-electron chi connectivity index (χ4n) is 2.31. The van der Waals surface area contributed by atoms with Crippen LogP contribution in [0.1, 0.15) is 18.4 Å². The predicted octanol–water partition coefficient (Wildman–Crippen LogP) is 3.02. The van der Waals surface area contributed by atoms with E-state index < -0.39 is 0 Å². The Morgan fingerprint density at radius 1 is 1.18 bits per heavy atom. The van der Waals surface area contributed by atoms with E-state index in [0.717, 1.165) is 29.5 Å². The molecular weight excluding hydrogens is 276 g/mol. The van der Waals surface area contributed by atoms with E-state index in [4.69, 9.17) is 4.42 Å². The zero-order valence-electron chi connectivity index (χ0n) is 12.6. The van der Waals surface area contributed by atoms with Crippen LogP contribution in [-0.2, 0) is 13.1 Å². The summed E-state index contributed by atoms with van der Waals surface area (Å²) in [5.74, 6) is 1.66. The molecule has 114 valence electrons. The summed E-state index contributed by atoms with van der Waals surface area (Å²) in [5.41, 5.74) is 2.23. The SMILES string of the molecule is CCNC(=NCc1cc2ccccc2[nH]1)NCc1ccco1. The van der Waals surface area contributed by atoms with Crippen LogP contribution in [0.5, 0.6) is 0 Å². The normalized spacial score (nSPS) is 11.8. The number of hydrogen-bond donors (Lipinski definition) is 3. The molecular formula is C17H20N4O. The molecule has 2 heterocycles. The predicted molar refractivity (Wildman–Crippen MR) is 88.7 cm³/mol.